The quantitative estimate of drug-likeness (QED) is 0.429. The molecule has 0 aromatic rings. The molecule has 1 unspecified atom stereocenters. The van der Waals surface area contributed by atoms with Crippen molar-refractivity contribution < 1.29 is 9.44 Å². The summed E-state index contributed by atoms with van der Waals surface area (Å²) in [6, 6.07) is 0. The van der Waals surface area contributed by atoms with Gasteiger partial charge in [-0.05, 0) is 0 Å². The molecule has 6 heteroatoms. The highest BCUT2D eigenvalue weighted by molar-refractivity contribution is 5.71. The van der Waals surface area contributed by atoms with Gasteiger partial charge in [0.25, 0.3) is 0 Å². The molecule has 2 aliphatic rings. The first-order valence-electron chi connectivity index (χ1n) is 5.40. The number of nitrogens with zero attached hydrogens (tertiary/aromatic N) is 3. The Morgan fingerprint density at radius 3 is 2.53 bits per heavy atom. The lowest BCUT2D eigenvalue weighted by Crippen LogP contribution is -2.63. The minimum Gasteiger partial charge on any atom is -0.625 e. The maximum Gasteiger partial charge on any atom is 0.329 e. The van der Waals surface area contributed by atoms with Crippen molar-refractivity contribution in [2.45, 2.75) is 0 Å². The third-order valence-corrected chi connectivity index (χ3v) is 3.12. The highest BCUT2D eigenvalue weighted by atomic mass is 16.6. The Kier molecular flexibility index (Phi) is 3.03. The molecule has 2 heterocycles. The van der Waals surface area contributed by atoms with Crippen LogP contribution < -0.4 is 5.32 Å². The van der Waals surface area contributed by atoms with Gasteiger partial charge in [-0.3, -0.25) is 4.65 Å². The van der Waals surface area contributed by atoms with Crippen molar-refractivity contribution in [1.29, 1.82) is 0 Å². The van der Waals surface area contributed by atoms with Crippen molar-refractivity contribution in [3.63, 3.8) is 0 Å². The van der Waals surface area contributed by atoms with Crippen molar-refractivity contribution in [1.82, 2.24) is 15.3 Å². The Morgan fingerprint density at radius 2 is 1.93 bits per heavy atom. The number of hydroxylamine groups is 3. The van der Waals surface area contributed by atoms with Crippen LogP contribution in [-0.2, 0) is 4.79 Å². The predicted octanol–water partition coefficient (Wildman–Crippen LogP) is -1.41. The minimum absolute atomic E-state index is 0.236. The number of piperazine rings is 2. The maximum atomic E-state index is 11.6. The van der Waals surface area contributed by atoms with Crippen LogP contribution in [0.4, 0.5) is 0 Å². The summed E-state index contributed by atoms with van der Waals surface area (Å²) >= 11 is 0. The summed E-state index contributed by atoms with van der Waals surface area (Å²) in [6.07, 6.45) is 0. The molecule has 15 heavy (non-hydrogen) atoms. The fourth-order valence-corrected chi connectivity index (χ4v) is 1.99. The van der Waals surface area contributed by atoms with Crippen molar-refractivity contribution >= 4 is 5.91 Å². The number of hydrogen-bond acceptors (Lipinski definition) is 5. The molecule has 2 fully saturated rings. The fourth-order valence-electron chi connectivity index (χ4n) is 1.99. The van der Waals surface area contributed by atoms with E-state index >= 15 is 0 Å². The standard InChI is InChI=1S/C9H18N4O2/c1-13(15)7-6-12(8-9(13)14)11-4-2-10-3-5-11/h10H,2-8H2,1H3. The van der Waals surface area contributed by atoms with Crippen molar-refractivity contribution in [3.05, 3.63) is 5.21 Å². The first-order chi connectivity index (χ1) is 7.09. The van der Waals surface area contributed by atoms with Crippen LogP contribution in [-0.4, -0.2) is 73.4 Å². The Morgan fingerprint density at radius 1 is 1.27 bits per heavy atom. The molecule has 86 valence electrons. The summed E-state index contributed by atoms with van der Waals surface area (Å²) in [5.41, 5.74) is 0. The second-order valence-electron chi connectivity index (χ2n) is 4.31. The van der Waals surface area contributed by atoms with Gasteiger partial charge < -0.3 is 10.5 Å². The van der Waals surface area contributed by atoms with E-state index in [-0.39, 0.29) is 12.5 Å². The third-order valence-electron chi connectivity index (χ3n) is 3.12. The van der Waals surface area contributed by atoms with Crippen LogP contribution >= 0.6 is 0 Å². The molecule has 1 N–H and O–H groups in total. The van der Waals surface area contributed by atoms with Crippen LogP contribution in [0.3, 0.4) is 0 Å². The van der Waals surface area contributed by atoms with E-state index in [2.05, 4.69) is 10.3 Å². The monoisotopic (exact) mass is 214 g/mol. The molecular weight excluding hydrogens is 196 g/mol. The molecule has 1 amide bonds. The van der Waals surface area contributed by atoms with E-state index in [1.807, 2.05) is 5.01 Å². The molecule has 0 aromatic carbocycles. The second-order valence-corrected chi connectivity index (χ2v) is 4.31. The number of likely N-dealkylation sites (N-methyl/N-ethyl adjacent to an activating group) is 1. The lowest BCUT2D eigenvalue weighted by molar-refractivity contribution is -0.787. The number of carbonyl (C=O) groups is 1. The number of quaternary nitrogens is 1. The first-order valence-corrected chi connectivity index (χ1v) is 5.40. The van der Waals surface area contributed by atoms with E-state index in [0.717, 1.165) is 26.2 Å². The molecule has 0 aliphatic carbocycles. The van der Waals surface area contributed by atoms with E-state index in [9.17, 15) is 10.0 Å². The normalized spacial score (nSPS) is 35.7. The lowest BCUT2D eigenvalue weighted by Gasteiger charge is -2.46. The van der Waals surface area contributed by atoms with Gasteiger partial charge >= 0.3 is 5.91 Å². The molecule has 2 rings (SSSR count). The van der Waals surface area contributed by atoms with Gasteiger partial charge in [0.1, 0.15) is 6.54 Å². The largest absolute Gasteiger partial charge is 0.625 e. The van der Waals surface area contributed by atoms with Crippen molar-refractivity contribution in [2.24, 2.45) is 0 Å². The van der Waals surface area contributed by atoms with Crippen molar-refractivity contribution in [2.75, 3.05) is 52.9 Å². The lowest BCUT2D eigenvalue weighted by atomic mass is 10.3. The van der Waals surface area contributed by atoms with E-state index in [4.69, 9.17) is 0 Å². The zero-order valence-electron chi connectivity index (χ0n) is 9.11. The molecule has 0 spiro atoms. The third kappa shape index (κ3) is 2.35. The summed E-state index contributed by atoms with van der Waals surface area (Å²) in [5, 5.41) is 19.1. The average Bonchev–Trinajstić information content (AvgIpc) is 2.23. The van der Waals surface area contributed by atoms with E-state index in [1.54, 1.807) is 0 Å². The molecule has 2 saturated heterocycles. The predicted molar refractivity (Wildman–Crippen MR) is 55.4 cm³/mol. The number of hydrazine groups is 1. The minimum atomic E-state index is -0.720. The zero-order chi connectivity index (χ0) is 10.9. The molecule has 0 saturated carbocycles. The van der Waals surface area contributed by atoms with Crippen LogP contribution in [0.15, 0.2) is 0 Å². The van der Waals surface area contributed by atoms with Crippen LogP contribution in [0.2, 0.25) is 0 Å². The van der Waals surface area contributed by atoms with Crippen molar-refractivity contribution in [3.8, 4) is 0 Å². The van der Waals surface area contributed by atoms with E-state index in [0.29, 0.717) is 13.1 Å². The number of hydrogen-bond donors (Lipinski definition) is 1. The van der Waals surface area contributed by atoms with Gasteiger partial charge in [-0.2, -0.15) is 0 Å². The highest BCUT2D eigenvalue weighted by Crippen LogP contribution is 2.12. The zero-order valence-corrected chi connectivity index (χ0v) is 9.11. The second kappa shape index (κ2) is 4.15. The SMILES string of the molecule is C[N+]1([O-])CCN(N2CCNCC2)CC1=O. The number of rotatable bonds is 1. The summed E-state index contributed by atoms with van der Waals surface area (Å²) in [7, 11) is 1.44. The molecular formula is C9H18N4O2. The van der Waals surface area contributed by atoms with Gasteiger partial charge in [0, 0.05) is 26.2 Å². The summed E-state index contributed by atoms with van der Waals surface area (Å²) < 4.78 is -0.720. The van der Waals surface area contributed by atoms with E-state index < -0.39 is 4.65 Å². The van der Waals surface area contributed by atoms with Crippen LogP contribution in [0.1, 0.15) is 0 Å². The average molecular weight is 214 g/mol. The smallest absolute Gasteiger partial charge is 0.329 e. The number of amides is 1. The number of carbonyl (C=O) groups excluding carboxylic acids is 1. The van der Waals surface area contributed by atoms with Gasteiger partial charge in [-0.1, -0.05) is 0 Å². The highest BCUT2D eigenvalue weighted by Gasteiger charge is 2.33. The Labute approximate surface area is 89.6 Å². The number of nitrogens with one attached hydrogen (secondary N) is 1. The van der Waals surface area contributed by atoms with Crippen LogP contribution in [0.25, 0.3) is 0 Å². The van der Waals surface area contributed by atoms with Gasteiger partial charge in [-0.15, -0.1) is 0 Å². The maximum absolute atomic E-state index is 11.6. The Bertz CT molecular complexity index is 250. The molecule has 1 atom stereocenters. The molecule has 0 bridgehead atoms. The van der Waals surface area contributed by atoms with Gasteiger partial charge in [-0.25, -0.2) is 14.8 Å². The fraction of sp³-hybridized carbons (Fsp3) is 0.889. The van der Waals surface area contributed by atoms with Gasteiger partial charge in [0.15, 0.2) is 0 Å². The molecule has 6 nitrogen and oxygen atoms in total. The molecule has 0 radical (unpaired) electrons. The first kappa shape index (κ1) is 11.0. The Balaban J connectivity index is 1.93. The van der Waals surface area contributed by atoms with Gasteiger partial charge in [0.05, 0.1) is 20.1 Å². The van der Waals surface area contributed by atoms with E-state index in [1.165, 1.54) is 7.05 Å². The summed E-state index contributed by atoms with van der Waals surface area (Å²) in [4.78, 5) is 11.5. The summed E-state index contributed by atoms with van der Waals surface area (Å²) in [5.74, 6) is -0.236. The topological polar surface area (TPSA) is 58.6 Å². The van der Waals surface area contributed by atoms with Crippen LogP contribution in [0, 0.1) is 5.21 Å². The molecule has 2 aliphatic heterocycles. The van der Waals surface area contributed by atoms with Crippen LogP contribution in [0.5, 0.6) is 0 Å². The Hall–Kier alpha value is -0.530. The van der Waals surface area contributed by atoms with Gasteiger partial charge in [0.2, 0.25) is 0 Å². The molecule has 0 aromatic heterocycles. The summed E-state index contributed by atoms with van der Waals surface area (Å²) in [6.45, 7) is 5.07.